The van der Waals surface area contributed by atoms with Crippen LogP contribution in [0.25, 0.3) is 0 Å². The van der Waals surface area contributed by atoms with Crippen molar-refractivity contribution in [1.82, 2.24) is 29.2 Å². The molecule has 0 spiro atoms. The Hall–Kier alpha value is -2.84. The Morgan fingerprint density at radius 3 is 2.67 bits per heavy atom. The fourth-order valence-corrected chi connectivity index (χ4v) is 4.37. The predicted molar refractivity (Wildman–Crippen MR) is 94.3 cm³/mol. The maximum atomic E-state index is 12.6. The molecule has 0 aromatic carbocycles. The highest BCUT2D eigenvalue weighted by Crippen LogP contribution is 2.37. The van der Waals surface area contributed by atoms with Crippen molar-refractivity contribution in [2.75, 3.05) is 13.1 Å². The molecule has 2 atom stereocenters. The van der Waals surface area contributed by atoms with Gasteiger partial charge in [-0.15, -0.1) is 0 Å². The second kappa shape index (κ2) is 6.11. The van der Waals surface area contributed by atoms with Crippen molar-refractivity contribution in [2.24, 2.45) is 11.8 Å². The minimum absolute atomic E-state index is 0.0217. The van der Waals surface area contributed by atoms with Crippen LogP contribution in [-0.2, 0) is 13.1 Å². The van der Waals surface area contributed by atoms with Gasteiger partial charge in [0.25, 0.3) is 5.91 Å². The van der Waals surface area contributed by atoms with E-state index in [1.165, 1.54) is 34.3 Å². The van der Waals surface area contributed by atoms with Crippen LogP contribution in [0.15, 0.2) is 28.2 Å². The molecule has 2 fully saturated rings. The molecule has 2 aromatic heterocycles. The van der Waals surface area contributed by atoms with Crippen molar-refractivity contribution in [3.05, 3.63) is 50.8 Å². The van der Waals surface area contributed by atoms with E-state index in [1.54, 1.807) is 4.90 Å². The first kappa shape index (κ1) is 16.3. The van der Waals surface area contributed by atoms with Gasteiger partial charge in [0.2, 0.25) is 0 Å². The predicted octanol–water partition coefficient (Wildman–Crippen LogP) is -0.135. The van der Waals surface area contributed by atoms with Crippen LogP contribution in [-0.4, -0.2) is 48.2 Å². The number of rotatable bonds is 3. The van der Waals surface area contributed by atoms with Gasteiger partial charge in [-0.05, 0) is 18.8 Å². The summed E-state index contributed by atoms with van der Waals surface area (Å²) in [4.78, 5) is 47.3. The van der Waals surface area contributed by atoms with E-state index in [4.69, 9.17) is 0 Å². The van der Waals surface area contributed by atoms with E-state index in [2.05, 4.69) is 15.1 Å². The molecule has 1 aliphatic carbocycles. The number of hydrogen-bond donors (Lipinski definition) is 0. The molecule has 140 valence electrons. The summed E-state index contributed by atoms with van der Waals surface area (Å²) in [5.41, 5.74) is -0.698. The van der Waals surface area contributed by atoms with Crippen molar-refractivity contribution in [3.63, 3.8) is 0 Å². The number of hydrogen-bond acceptors (Lipinski definition) is 6. The normalized spacial score (nSPS) is 23.8. The van der Waals surface area contributed by atoms with Crippen LogP contribution in [0.2, 0.25) is 0 Å². The van der Waals surface area contributed by atoms with E-state index in [0.29, 0.717) is 43.6 Å². The maximum Gasteiger partial charge on any atom is 0.332 e. The number of likely N-dealkylation sites (tertiary alicyclic amines) is 1. The minimum atomic E-state index is -0.530. The summed E-state index contributed by atoms with van der Waals surface area (Å²) < 4.78 is 2.87. The highest BCUT2D eigenvalue weighted by atomic mass is 16.2. The smallest absolute Gasteiger partial charge is 0.332 e. The third kappa shape index (κ3) is 2.60. The van der Waals surface area contributed by atoms with E-state index in [-0.39, 0.29) is 17.7 Å². The van der Waals surface area contributed by atoms with Gasteiger partial charge in [0.15, 0.2) is 0 Å². The molecule has 0 radical (unpaired) electrons. The lowest BCUT2D eigenvalue weighted by Crippen LogP contribution is -2.45. The van der Waals surface area contributed by atoms with Crippen molar-refractivity contribution in [3.8, 4) is 0 Å². The highest BCUT2D eigenvalue weighted by molar-refractivity contribution is 5.92. The average molecular weight is 368 g/mol. The maximum absolute atomic E-state index is 12.6. The molecule has 1 saturated heterocycles. The molecule has 4 heterocycles. The lowest BCUT2D eigenvalue weighted by molar-refractivity contribution is 0.0776. The first-order chi connectivity index (χ1) is 13.1. The average Bonchev–Trinajstić information content (AvgIpc) is 3.21. The second-order valence-corrected chi connectivity index (χ2v) is 7.73. The molecule has 0 bridgehead atoms. The molecule has 27 heavy (non-hydrogen) atoms. The van der Waals surface area contributed by atoms with Crippen LogP contribution < -0.4 is 11.1 Å². The molecule has 2 aliphatic heterocycles. The zero-order chi connectivity index (χ0) is 18.5. The molecule has 9 heteroatoms. The third-order valence-electron chi connectivity index (χ3n) is 6.08. The van der Waals surface area contributed by atoms with Gasteiger partial charge < -0.3 is 4.90 Å². The molecular weight excluding hydrogens is 348 g/mol. The van der Waals surface area contributed by atoms with Gasteiger partial charge >= 0.3 is 11.1 Å². The quantitative estimate of drug-likeness (QED) is 0.699. The minimum Gasteiger partial charge on any atom is -0.336 e. The zero-order valence-corrected chi connectivity index (χ0v) is 14.8. The van der Waals surface area contributed by atoms with Crippen molar-refractivity contribution in [1.29, 1.82) is 0 Å². The monoisotopic (exact) mass is 368 g/mol. The summed E-state index contributed by atoms with van der Waals surface area (Å²) >= 11 is 0. The summed E-state index contributed by atoms with van der Waals surface area (Å²) in [5.74, 6) is 0.997. The van der Waals surface area contributed by atoms with Crippen LogP contribution in [0.1, 0.15) is 41.5 Å². The van der Waals surface area contributed by atoms with Gasteiger partial charge in [0, 0.05) is 50.4 Å². The van der Waals surface area contributed by atoms with Crippen LogP contribution >= 0.6 is 0 Å². The van der Waals surface area contributed by atoms with Gasteiger partial charge in [0.05, 0.1) is 6.20 Å². The number of aromatic nitrogens is 5. The van der Waals surface area contributed by atoms with Gasteiger partial charge in [0.1, 0.15) is 11.5 Å². The molecule has 9 nitrogen and oxygen atoms in total. The summed E-state index contributed by atoms with van der Waals surface area (Å²) in [7, 11) is 0. The van der Waals surface area contributed by atoms with Gasteiger partial charge in [-0.25, -0.2) is 9.67 Å². The van der Waals surface area contributed by atoms with Crippen LogP contribution in [0.4, 0.5) is 0 Å². The Bertz CT molecular complexity index is 1010. The van der Waals surface area contributed by atoms with E-state index >= 15 is 0 Å². The number of nitrogens with zero attached hydrogens (tertiary/aromatic N) is 6. The summed E-state index contributed by atoms with van der Waals surface area (Å²) in [6, 6.07) is 0. The second-order valence-electron chi connectivity index (χ2n) is 7.73. The van der Waals surface area contributed by atoms with E-state index in [1.807, 2.05) is 0 Å². The van der Waals surface area contributed by atoms with Gasteiger partial charge in [-0.1, -0.05) is 6.42 Å². The van der Waals surface area contributed by atoms with Crippen LogP contribution in [0, 0.1) is 11.8 Å². The Kier molecular flexibility index (Phi) is 3.70. The van der Waals surface area contributed by atoms with E-state index < -0.39 is 11.1 Å². The molecule has 1 amide bonds. The lowest BCUT2D eigenvalue weighted by Gasteiger charge is -2.25. The zero-order valence-electron chi connectivity index (χ0n) is 14.8. The molecule has 3 aliphatic rings. The largest absolute Gasteiger partial charge is 0.336 e. The fraction of sp³-hybridized carbons (Fsp3) is 0.556. The summed E-state index contributed by atoms with van der Waals surface area (Å²) in [6.45, 7) is 1.96. The lowest BCUT2D eigenvalue weighted by atomic mass is 9.85. The van der Waals surface area contributed by atoms with E-state index in [0.717, 1.165) is 12.8 Å². The Labute approximate surface area is 154 Å². The molecule has 5 rings (SSSR count). The van der Waals surface area contributed by atoms with Crippen molar-refractivity contribution >= 4 is 5.91 Å². The Morgan fingerprint density at radius 2 is 1.96 bits per heavy atom. The summed E-state index contributed by atoms with van der Waals surface area (Å²) in [6.07, 6.45) is 7.83. The number of carbonyl (C=O) groups excluding carboxylic acids is 1. The summed E-state index contributed by atoms with van der Waals surface area (Å²) in [5, 5.41) is 4.55. The van der Waals surface area contributed by atoms with Gasteiger partial charge in [-0.3, -0.25) is 23.9 Å². The number of carbonyl (C=O) groups is 1. The first-order valence-corrected chi connectivity index (χ1v) is 9.39. The molecule has 0 N–H and O–H groups in total. The third-order valence-corrected chi connectivity index (χ3v) is 6.08. The Morgan fingerprint density at radius 1 is 1.11 bits per heavy atom. The van der Waals surface area contributed by atoms with Crippen LogP contribution in [0.5, 0.6) is 0 Å². The SMILES string of the molecule is O=C(c1cnccn1)N1C[C@@H]2Cn3c(nn(CC4CCC4)c(=O)c3=O)[C@@H]2C1. The molecule has 2 aromatic rings. The van der Waals surface area contributed by atoms with Crippen LogP contribution in [0.3, 0.4) is 0 Å². The topological polar surface area (TPSA) is 103 Å². The molecule has 1 saturated carbocycles. The van der Waals surface area contributed by atoms with Crippen molar-refractivity contribution < 1.29 is 4.79 Å². The first-order valence-electron chi connectivity index (χ1n) is 9.39. The van der Waals surface area contributed by atoms with Crippen molar-refractivity contribution in [2.45, 2.75) is 38.3 Å². The van der Waals surface area contributed by atoms with E-state index in [9.17, 15) is 14.4 Å². The standard InChI is InChI=1S/C18H20N6O3/c25-16(14-6-19-4-5-20-14)22-8-12-9-23-15(13(12)10-22)21-24(18(27)17(23)26)7-11-2-1-3-11/h4-6,11-13H,1-3,7-10H2/t12-,13-/m1/s1. The molecular formula is C18H20N6O3. The highest BCUT2D eigenvalue weighted by Gasteiger charge is 2.44. The fourth-order valence-electron chi connectivity index (χ4n) is 4.37. The molecule has 0 unspecified atom stereocenters. The Balaban J connectivity index is 1.43. The number of amides is 1. The number of fused-ring (bicyclic) bond motifs is 3. The van der Waals surface area contributed by atoms with Gasteiger partial charge in [-0.2, -0.15) is 5.10 Å².